The molecule has 0 saturated heterocycles. The van der Waals surface area contributed by atoms with E-state index in [1.54, 1.807) is 19.2 Å². The Bertz CT molecular complexity index is 615. The van der Waals surface area contributed by atoms with Crippen LogP contribution in [0.3, 0.4) is 0 Å². The number of hydrogen-bond donors (Lipinski definition) is 1. The number of benzene rings is 2. The Morgan fingerprint density at radius 3 is 2.50 bits per heavy atom. The minimum Gasteiger partial charge on any atom is -0.496 e. The summed E-state index contributed by atoms with van der Waals surface area (Å²) in [6.45, 7) is 1.89. The summed E-state index contributed by atoms with van der Waals surface area (Å²) in [7, 11) is 3.48. The Labute approximate surface area is 123 Å². The van der Waals surface area contributed by atoms with Crippen LogP contribution >= 0.6 is 11.6 Å². The molecule has 106 valence electrons. The second-order valence-electron chi connectivity index (χ2n) is 4.61. The predicted molar refractivity (Wildman–Crippen MR) is 80.0 cm³/mol. The summed E-state index contributed by atoms with van der Waals surface area (Å²) in [5.74, 6) is 0.511. The van der Waals surface area contributed by atoms with E-state index in [0.717, 1.165) is 22.4 Å². The van der Waals surface area contributed by atoms with Crippen molar-refractivity contribution in [3.05, 3.63) is 63.9 Å². The molecule has 2 aromatic carbocycles. The molecular weight excluding hydrogens is 277 g/mol. The summed E-state index contributed by atoms with van der Waals surface area (Å²) in [4.78, 5) is 0. The number of aryl methyl sites for hydroxylation is 1. The molecule has 0 radical (unpaired) electrons. The van der Waals surface area contributed by atoms with Crippen LogP contribution in [0.1, 0.15) is 22.7 Å². The monoisotopic (exact) mass is 293 g/mol. The fourth-order valence-corrected chi connectivity index (χ4v) is 2.55. The van der Waals surface area contributed by atoms with Crippen molar-refractivity contribution in [1.29, 1.82) is 0 Å². The molecular formula is C16H17ClFNO. The molecule has 2 nitrogen and oxygen atoms in total. The van der Waals surface area contributed by atoms with Crippen LogP contribution in [0.4, 0.5) is 4.39 Å². The molecule has 0 spiro atoms. The summed E-state index contributed by atoms with van der Waals surface area (Å²) in [6, 6.07) is 10.1. The molecule has 0 aliphatic carbocycles. The quantitative estimate of drug-likeness (QED) is 0.916. The van der Waals surface area contributed by atoms with Gasteiger partial charge in [-0.15, -0.1) is 0 Å². The van der Waals surface area contributed by atoms with Gasteiger partial charge in [0.15, 0.2) is 0 Å². The van der Waals surface area contributed by atoms with Gasteiger partial charge in [0.05, 0.1) is 13.2 Å². The summed E-state index contributed by atoms with van der Waals surface area (Å²) in [5.41, 5.74) is 2.80. The second kappa shape index (κ2) is 6.25. The lowest BCUT2D eigenvalue weighted by Gasteiger charge is -2.22. The molecule has 1 unspecified atom stereocenters. The van der Waals surface area contributed by atoms with E-state index >= 15 is 0 Å². The van der Waals surface area contributed by atoms with Crippen LogP contribution in [-0.2, 0) is 0 Å². The molecule has 0 bridgehead atoms. The number of halogens is 2. The third-order valence-electron chi connectivity index (χ3n) is 3.33. The minimum absolute atomic E-state index is 0.107. The van der Waals surface area contributed by atoms with E-state index in [0.29, 0.717) is 5.02 Å². The van der Waals surface area contributed by atoms with E-state index in [1.165, 1.54) is 12.1 Å². The van der Waals surface area contributed by atoms with Gasteiger partial charge in [0, 0.05) is 10.6 Å². The highest BCUT2D eigenvalue weighted by Crippen LogP contribution is 2.33. The molecule has 2 aromatic rings. The fourth-order valence-electron chi connectivity index (χ4n) is 2.37. The van der Waals surface area contributed by atoms with Crippen LogP contribution < -0.4 is 10.1 Å². The Morgan fingerprint density at radius 1 is 1.15 bits per heavy atom. The second-order valence-corrected chi connectivity index (χ2v) is 5.05. The molecule has 20 heavy (non-hydrogen) atoms. The third kappa shape index (κ3) is 2.94. The standard InChI is InChI=1S/C16H17ClFNO/c1-10-8-12(18)5-6-13(10)16(19-2)14-9-11(17)4-7-15(14)20-3/h4-9,16,19H,1-3H3. The van der Waals surface area contributed by atoms with Crippen molar-refractivity contribution >= 4 is 11.6 Å². The predicted octanol–water partition coefficient (Wildman–Crippen LogP) is 4.10. The van der Waals surface area contributed by atoms with Gasteiger partial charge in [-0.3, -0.25) is 0 Å². The van der Waals surface area contributed by atoms with Crippen molar-refractivity contribution in [3.8, 4) is 5.75 Å². The maximum absolute atomic E-state index is 13.3. The maximum atomic E-state index is 13.3. The van der Waals surface area contributed by atoms with Gasteiger partial charge in [0.1, 0.15) is 11.6 Å². The highest BCUT2D eigenvalue weighted by Gasteiger charge is 2.19. The Kier molecular flexibility index (Phi) is 4.63. The van der Waals surface area contributed by atoms with Crippen molar-refractivity contribution in [2.75, 3.05) is 14.2 Å². The molecule has 1 atom stereocenters. The maximum Gasteiger partial charge on any atom is 0.124 e. The first kappa shape index (κ1) is 14.8. The van der Waals surface area contributed by atoms with Crippen LogP contribution in [0, 0.1) is 12.7 Å². The summed E-state index contributed by atoms with van der Waals surface area (Å²) >= 11 is 6.08. The van der Waals surface area contributed by atoms with Crippen molar-refractivity contribution in [2.45, 2.75) is 13.0 Å². The normalized spacial score (nSPS) is 12.2. The van der Waals surface area contributed by atoms with E-state index in [2.05, 4.69) is 5.32 Å². The lowest BCUT2D eigenvalue weighted by Crippen LogP contribution is -2.19. The first-order valence-electron chi connectivity index (χ1n) is 6.33. The van der Waals surface area contributed by atoms with Crippen LogP contribution in [0.25, 0.3) is 0 Å². The summed E-state index contributed by atoms with van der Waals surface area (Å²) in [6.07, 6.45) is 0. The van der Waals surface area contributed by atoms with Gasteiger partial charge < -0.3 is 10.1 Å². The minimum atomic E-state index is -0.237. The zero-order chi connectivity index (χ0) is 14.7. The van der Waals surface area contributed by atoms with Crippen LogP contribution in [0.15, 0.2) is 36.4 Å². The Morgan fingerprint density at radius 2 is 1.90 bits per heavy atom. The number of hydrogen-bond acceptors (Lipinski definition) is 2. The van der Waals surface area contributed by atoms with Crippen molar-refractivity contribution in [2.24, 2.45) is 0 Å². The van der Waals surface area contributed by atoms with E-state index in [9.17, 15) is 4.39 Å². The zero-order valence-electron chi connectivity index (χ0n) is 11.7. The van der Waals surface area contributed by atoms with Crippen LogP contribution in [0.2, 0.25) is 5.02 Å². The molecule has 2 rings (SSSR count). The lowest BCUT2D eigenvalue weighted by molar-refractivity contribution is 0.405. The number of ether oxygens (including phenoxy) is 1. The topological polar surface area (TPSA) is 21.3 Å². The third-order valence-corrected chi connectivity index (χ3v) is 3.57. The summed E-state index contributed by atoms with van der Waals surface area (Å²) < 4.78 is 18.7. The van der Waals surface area contributed by atoms with Crippen LogP contribution in [0.5, 0.6) is 5.75 Å². The van der Waals surface area contributed by atoms with Crippen molar-refractivity contribution in [3.63, 3.8) is 0 Å². The number of methoxy groups -OCH3 is 1. The molecule has 0 amide bonds. The first-order valence-corrected chi connectivity index (χ1v) is 6.71. The van der Waals surface area contributed by atoms with E-state index in [1.807, 2.05) is 26.1 Å². The molecule has 4 heteroatoms. The van der Waals surface area contributed by atoms with Crippen LogP contribution in [-0.4, -0.2) is 14.2 Å². The van der Waals surface area contributed by atoms with Gasteiger partial charge >= 0.3 is 0 Å². The van der Waals surface area contributed by atoms with E-state index in [-0.39, 0.29) is 11.9 Å². The van der Waals surface area contributed by atoms with Crippen molar-refractivity contribution in [1.82, 2.24) is 5.32 Å². The molecule has 0 aliphatic rings. The van der Waals surface area contributed by atoms with Crippen molar-refractivity contribution < 1.29 is 9.13 Å². The van der Waals surface area contributed by atoms with Gasteiger partial charge in [-0.05, 0) is 55.4 Å². The molecule has 0 aromatic heterocycles. The SMILES string of the molecule is CNC(c1ccc(F)cc1C)c1cc(Cl)ccc1OC. The molecule has 0 saturated carbocycles. The van der Waals surface area contributed by atoms with Gasteiger partial charge in [-0.25, -0.2) is 4.39 Å². The smallest absolute Gasteiger partial charge is 0.124 e. The number of nitrogens with one attached hydrogen (secondary N) is 1. The number of rotatable bonds is 4. The first-order chi connectivity index (χ1) is 9.56. The van der Waals surface area contributed by atoms with Gasteiger partial charge in [0.2, 0.25) is 0 Å². The molecule has 1 N–H and O–H groups in total. The lowest BCUT2D eigenvalue weighted by atomic mass is 9.94. The van der Waals surface area contributed by atoms with Gasteiger partial charge in [-0.1, -0.05) is 17.7 Å². The molecule has 0 heterocycles. The highest BCUT2D eigenvalue weighted by atomic mass is 35.5. The average molecular weight is 294 g/mol. The molecule has 0 fully saturated rings. The zero-order valence-corrected chi connectivity index (χ0v) is 12.5. The highest BCUT2D eigenvalue weighted by molar-refractivity contribution is 6.30. The van der Waals surface area contributed by atoms with Gasteiger partial charge in [-0.2, -0.15) is 0 Å². The average Bonchev–Trinajstić information content (AvgIpc) is 2.42. The van der Waals surface area contributed by atoms with E-state index in [4.69, 9.17) is 16.3 Å². The van der Waals surface area contributed by atoms with E-state index < -0.39 is 0 Å². The Hall–Kier alpha value is -1.58. The summed E-state index contributed by atoms with van der Waals surface area (Å²) in [5, 5.41) is 3.88. The Balaban J connectivity index is 2.54. The fraction of sp³-hybridized carbons (Fsp3) is 0.250. The largest absolute Gasteiger partial charge is 0.496 e. The van der Waals surface area contributed by atoms with Gasteiger partial charge in [0.25, 0.3) is 0 Å². The molecule has 0 aliphatic heterocycles.